The van der Waals surface area contributed by atoms with Crippen molar-refractivity contribution in [1.29, 1.82) is 5.26 Å². The van der Waals surface area contributed by atoms with Crippen LogP contribution in [0.25, 0.3) is 0 Å². The molecule has 8 heteroatoms. The first-order chi connectivity index (χ1) is 11.6. The smallest absolute Gasteiger partial charge is 0.294 e. The van der Waals surface area contributed by atoms with E-state index in [2.05, 4.69) is 0 Å². The molecule has 0 aromatic heterocycles. The Kier molecular flexibility index (Phi) is 4.40. The van der Waals surface area contributed by atoms with E-state index in [1.165, 1.54) is 12.1 Å². The Morgan fingerprint density at radius 2 is 1.76 bits per heavy atom. The lowest BCUT2D eigenvalue weighted by Crippen LogP contribution is -2.45. The summed E-state index contributed by atoms with van der Waals surface area (Å²) in [4.78, 5) is 12.7. The van der Waals surface area contributed by atoms with Crippen molar-refractivity contribution in [2.24, 2.45) is 5.92 Å². The topological polar surface area (TPSA) is 75.0 Å². The van der Waals surface area contributed by atoms with Crippen LogP contribution in [-0.2, 0) is 16.0 Å². The normalized spacial score (nSPS) is 28.2. The first-order valence-electron chi connectivity index (χ1n) is 8.03. The summed E-state index contributed by atoms with van der Waals surface area (Å²) in [7, 11) is -3.23. The van der Waals surface area contributed by atoms with E-state index < -0.39 is 49.3 Å². The van der Waals surface area contributed by atoms with Gasteiger partial charge in [0.25, 0.3) is 0 Å². The number of nitriles is 1. The second-order valence-corrected chi connectivity index (χ2v) is 9.18. The molecule has 1 aromatic rings. The molecule has 0 amide bonds. The summed E-state index contributed by atoms with van der Waals surface area (Å²) in [6.07, 6.45) is -2.59. The summed E-state index contributed by atoms with van der Waals surface area (Å²) in [5.74, 6) is -1.06. The zero-order chi connectivity index (χ0) is 18.4. The molecule has 1 aromatic carbocycles. The van der Waals surface area contributed by atoms with Crippen LogP contribution in [0.4, 0.5) is 13.2 Å². The summed E-state index contributed by atoms with van der Waals surface area (Å²) < 4.78 is 63.8. The van der Waals surface area contributed by atoms with Gasteiger partial charge in [-0.05, 0) is 37.8 Å². The van der Waals surface area contributed by atoms with E-state index in [9.17, 15) is 26.4 Å². The third-order valence-corrected chi connectivity index (χ3v) is 7.89. The molecule has 4 nitrogen and oxygen atoms in total. The number of hydrogen-bond donors (Lipinski definition) is 0. The fraction of sp³-hybridized carbons (Fsp3) is 0.529. The summed E-state index contributed by atoms with van der Waals surface area (Å²) in [5.41, 5.74) is -1.79. The fourth-order valence-electron chi connectivity index (χ4n) is 3.89. The molecule has 2 heterocycles. The second kappa shape index (κ2) is 6.13. The number of benzene rings is 1. The molecule has 2 unspecified atom stereocenters. The number of carbonyl (C=O) groups is 1. The number of fused-ring (bicyclic) bond motifs is 2. The van der Waals surface area contributed by atoms with Crippen LogP contribution in [0.3, 0.4) is 0 Å². The predicted molar refractivity (Wildman–Crippen MR) is 83.6 cm³/mol. The largest absolute Gasteiger partial charge is 0.417 e. The van der Waals surface area contributed by atoms with Crippen LogP contribution in [0, 0.1) is 17.2 Å². The van der Waals surface area contributed by atoms with Crippen molar-refractivity contribution in [1.82, 2.24) is 0 Å². The van der Waals surface area contributed by atoms with Gasteiger partial charge in [-0.2, -0.15) is 18.4 Å². The quantitative estimate of drug-likeness (QED) is 0.746. The average Bonchev–Trinajstić information content (AvgIpc) is 2.51. The highest BCUT2D eigenvalue weighted by molar-refractivity contribution is 7.92. The molecule has 2 aliphatic heterocycles. The predicted octanol–water partition coefficient (Wildman–Crippen LogP) is 3.51. The van der Waals surface area contributed by atoms with Crippen molar-refractivity contribution < 1.29 is 26.4 Å². The molecule has 2 fully saturated rings. The fourth-order valence-corrected chi connectivity index (χ4v) is 6.42. The summed E-state index contributed by atoms with van der Waals surface area (Å²) >= 11 is 0. The maximum Gasteiger partial charge on any atom is 0.417 e. The monoisotopic (exact) mass is 371 g/mol. The van der Waals surface area contributed by atoms with Crippen molar-refractivity contribution in [3.05, 3.63) is 34.9 Å². The zero-order valence-corrected chi connectivity index (χ0v) is 14.0. The van der Waals surface area contributed by atoms with Gasteiger partial charge < -0.3 is 0 Å². The van der Waals surface area contributed by atoms with E-state index in [1.54, 1.807) is 0 Å². The third kappa shape index (κ3) is 3.17. The molecule has 3 rings (SSSR count). The number of halogens is 3. The van der Waals surface area contributed by atoms with Gasteiger partial charge in [0.2, 0.25) is 0 Å². The summed E-state index contributed by atoms with van der Waals surface area (Å²) in [5, 5.41) is 7.68. The Hall–Kier alpha value is -1.88. The van der Waals surface area contributed by atoms with Gasteiger partial charge in [0, 0.05) is 11.5 Å². The molecule has 0 aliphatic carbocycles. The van der Waals surface area contributed by atoms with E-state index >= 15 is 0 Å². The molecular weight excluding hydrogens is 355 g/mol. The van der Waals surface area contributed by atoms with Crippen LogP contribution >= 0.6 is 0 Å². The molecule has 2 aliphatic rings. The highest BCUT2D eigenvalue weighted by Crippen LogP contribution is 2.41. The maximum atomic E-state index is 13.1. The van der Waals surface area contributed by atoms with Crippen LogP contribution in [0.2, 0.25) is 0 Å². The Bertz CT molecular complexity index is 835. The van der Waals surface area contributed by atoms with E-state index in [4.69, 9.17) is 5.26 Å². The molecule has 2 saturated heterocycles. The molecule has 25 heavy (non-hydrogen) atoms. The molecule has 2 atom stereocenters. The van der Waals surface area contributed by atoms with Crippen molar-refractivity contribution in [2.45, 2.75) is 48.8 Å². The Labute approximate surface area is 143 Å². The number of hydrogen-bond acceptors (Lipinski definition) is 4. The third-order valence-electron chi connectivity index (χ3n) is 5.18. The number of rotatable bonds is 2. The van der Waals surface area contributed by atoms with E-state index in [-0.39, 0.29) is 18.4 Å². The van der Waals surface area contributed by atoms with Crippen LogP contribution < -0.4 is 0 Å². The standard InChI is InChI=1S/C17H16F3NO3S/c18-17(19,20)15-8-10(4-5-11(15)9-21)16(22)12-6-13-2-1-3-14(7-12)25(13,23)24/h4-5,8,12-14H,1-3,6-7H2. The number of sulfone groups is 1. The molecule has 0 radical (unpaired) electrons. The number of carbonyl (C=O) groups excluding carboxylic acids is 1. The molecule has 0 spiro atoms. The van der Waals surface area contributed by atoms with Gasteiger partial charge in [0.05, 0.1) is 27.7 Å². The molecular formula is C17H16F3NO3S. The first kappa shape index (κ1) is 17.9. The minimum atomic E-state index is -4.73. The summed E-state index contributed by atoms with van der Waals surface area (Å²) in [6, 6.07) is 4.40. The average molecular weight is 371 g/mol. The van der Waals surface area contributed by atoms with E-state index in [1.807, 2.05) is 0 Å². The van der Waals surface area contributed by atoms with Crippen molar-refractivity contribution in [3.8, 4) is 6.07 Å². The van der Waals surface area contributed by atoms with Crippen LogP contribution in [-0.4, -0.2) is 24.7 Å². The van der Waals surface area contributed by atoms with Gasteiger partial charge in [-0.25, -0.2) is 8.42 Å². The van der Waals surface area contributed by atoms with E-state index in [0.29, 0.717) is 18.9 Å². The number of ketones is 1. The molecule has 0 N–H and O–H groups in total. The van der Waals surface area contributed by atoms with Gasteiger partial charge in [-0.15, -0.1) is 0 Å². The van der Waals surface area contributed by atoms with Crippen LogP contribution in [0.15, 0.2) is 18.2 Å². The zero-order valence-electron chi connectivity index (χ0n) is 13.2. The molecule has 134 valence electrons. The molecule has 2 bridgehead atoms. The number of nitrogens with zero attached hydrogens (tertiary/aromatic N) is 1. The lowest BCUT2D eigenvalue weighted by atomic mass is 9.84. The second-order valence-electron chi connectivity index (χ2n) is 6.67. The minimum Gasteiger partial charge on any atom is -0.294 e. The van der Waals surface area contributed by atoms with Crippen LogP contribution in [0.5, 0.6) is 0 Å². The summed E-state index contributed by atoms with van der Waals surface area (Å²) in [6.45, 7) is 0. The van der Waals surface area contributed by atoms with Gasteiger partial charge in [0.1, 0.15) is 0 Å². The first-order valence-corrected chi connectivity index (χ1v) is 9.64. The Morgan fingerprint density at radius 3 is 2.28 bits per heavy atom. The number of alkyl halides is 3. The maximum absolute atomic E-state index is 13.1. The minimum absolute atomic E-state index is 0.117. The van der Waals surface area contributed by atoms with Crippen molar-refractivity contribution in [3.63, 3.8) is 0 Å². The van der Waals surface area contributed by atoms with Gasteiger partial charge >= 0.3 is 6.18 Å². The number of Topliss-reactive ketones (excluding diaryl/α,β-unsaturated/α-hetero) is 1. The van der Waals surface area contributed by atoms with Gasteiger partial charge in [-0.1, -0.05) is 12.5 Å². The Balaban J connectivity index is 1.91. The van der Waals surface area contributed by atoms with Gasteiger partial charge in [0.15, 0.2) is 15.6 Å². The Morgan fingerprint density at radius 1 is 1.16 bits per heavy atom. The van der Waals surface area contributed by atoms with Crippen molar-refractivity contribution in [2.75, 3.05) is 0 Å². The highest BCUT2D eigenvalue weighted by Gasteiger charge is 2.46. The van der Waals surface area contributed by atoms with E-state index in [0.717, 1.165) is 12.5 Å². The molecule has 0 saturated carbocycles. The lowest BCUT2D eigenvalue weighted by Gasteiger charge is -2.38. The lowest BCUT2D eigenvalue weighted by molar-refractivity contribution is -0.137. The van der Waals surface area contributed by atoms with Crippen molar-refractivity contribution >= 4 is 15.6 Å². The van der Waals surface area contributed by atoms with Gasteiger partial charge in [-0.3, -0.25) is 4.79 Å². The SMILES string of the molecule is N#Cc1ccc(C(=O)C2CC3CCCC(C2)S3(=O)=O)cc1C(F)(F)F. The highest BCUT2D eigenvalue weighted by atomic mass is 32.2. The van der Waals surface area contributed by atoms with Crippen LogP contribution in [0.1, 0.15) is 53.6 Å².